The van der Waals surface area contributed by atoms with Gasteiger partial charge < -0.3 is 5.32 Å². The van der Waals surface area contributed by atoms with Gasteiger partial charge in [0.2, 0.25) is 0 Å². The highest BCUT2D eigenvalue weighted by molar-refractivity contribution is 7.92. The van der Waals surface area contributed by atoms with Crippen molar-refractivity contribution in [2.45, 2.75) is 37.3 Å². The summed E-state index contributed by atoms with van der Waals surface area (Å²) >= 11 is 5.57. The Balaban J connectivity index is 1.73. The number of sulfonamides is 1. The minimum atomic E-state index is -4.73. The number of amides is 1. The molecule has 5 nitrogen and oxygen atoms in total. The van der Waals surface area contributed by atoms with Crippen molar-refractivity contribution < 1.29 is 26.4 Å². The third kappa shape index (κ3) is 6.09. The molecule has 10 heteroatoms. The molecule has 0 heterocycles. The number of rotatable bonds is 5. The normalized spacial score (nSPS) is 12.3. The van der Waals surface area contributed by atoms with Crippen LogP contribution < -0.4 is 10.0 Å². The third-order valence-corrected chi connectivity index (χ3v) is 6.69. The molecule has 0 radical (unpaired) electrons. The van der Waals surface area contributed by atoms with Gasteiger partial charge in [0.15, 0.2) is 0 Å². The molecule has 0 bridgehead atoms. The summed E-state index contributed by atoms with van der Waals surface area (Å²) in [7, 11) is -4.18. The Bertz CT molecular complexity index is 1300. The lowest BCUT2D eigenvalue weighted by Gasteiger charge is -2.19. The summed E-state index contributed by atoms with van der Waals surface area (Å²) in [5.41, 5.74) is 0.388. The number of carbonyl (C=O) groups excluding carboxylic acids is 1. The molecule has 3 rings (SSSR count). The Morgan fingerprint density at radius 3 is 1.94 bits per heavy atom. The number of hydrogen-bond acceptors (Lipinski definition) is 3. The molecule has 0 aliphatic carbocycles. The van der Waals surface area contributed by atoms with Gasteiger partial charge in [-0.25, -0.2) is 8.42 Å². The molecule has 0 fully saturated rings. The van der Waals surface area contributed by atoms with Crippen LogP contribution in [0.15, 0.2) is 71.6 Å². The molecule has 3 aromatic carbocycles. The number of carbonyl (C=O) groups is 1. The van der Waals surface area contributed by atoms with Gasteiger partial charge in [0, 0.05) is 16.9 Å². The first-order valence-corrected chi connectivity index (χ1v) is 11.9. The molecule has 0 saturated heterocycles. The summed E-state index contributed by atoms with van der Waals surface area (Å²) in [5.74, 6) is -0.366. The van der Waals surface area contributed by atoms with Crippen LogP contribution in [-0.2, 0) is 21.6 Å². The van der Waals surface area contributed by atoms with E-state index in [-0.39, 0.29) is 21.9 Å². The molecule has 34 heavy (non-hydrogen) atoms. The predicted molar refractivity (Wildman–Crippen MR) is 127 cm³/mol. The second-order valence-electron chi connectivity index (χ2n) is 8.60. The minimum absolute atomic E-state index is 0.0509. The monoisotopic (exact) mass is 510 g/mol. The average Bonchev–Trinajstić information content (AvgIpc) is 2.74. The van der Waals surface area contributed by atoms with Crippen molar-refractivity contribution in [2.75, 3.05) is 10.0 Å². The lowest BCUT2D eigenvalue weighted by atomic mass is 9.87. The van der Waals surface area contributed by atoms with E-state index in [1.807, 2.05) is 12.1 Å². The van der Waals surface area contributed by atoms with Gasteiger partial charge in [0.25, 0.3) is 15.9 Å². The van der Waals surface area contributed by atoms with Crippen molar-refractivity contribution in [1.82, 2.24) is 0 Å². The fourth-order valence-corrected chi connectivity index (χ4v) is 4.34. The van der Waals surface area contributed by atoms with E-state index in [1.54, 1.807) is 12.1 Å². The Labute approximate surface area is 201 Å². The maximum atomic E-state index is 13.0. The van der Waals surface area contributed by atoms with Gasteiger partial charge in [0.05, 0.1) is 15.5 Å². The zero-order valence-corrected chi connectivity index (χ0v) is 20.1. The smallest absolute Gasteiger partial charge is 0.322 e. The van der Waals surface area contributed by atoms with Gasteiger partial charge in [-0.2, -0.15) is 13.2 Å². The predicted octanol–water partition coefficient (Wildman–Crippen LogP) is 6.71. The van der Waals surface area contributed by atoms with Crippen LogP contribution >= 0.6 is 11.6 Å². The Morgan fingerprint density at radius 1 is 0.853 bits per heavy atom. The van der Waals surface area contributed by atoms with Gasteiger partial charge in [0.1, 0.15) is 0 Å². The maximum absolute atomic E-state index is 13.0. The molecule has 0 saturated carbocycles. The number of nitrogens with one attached hydrogen (secondary N) is 2. The quantitative estimate of drug-likeness (QED) is 0.400. The van der Waals surface area contributed by atoms with Crippen molar-refractivity contribution in [1.29, 1.82) is 0 Å². The van der Waals surface area contributed by atoms with Gasteiger partial charge >= 0.3 is 6.18 Å². The van der Waals surface area contributed by atoms with E-state index in [0.717, 1.165) is 17.7 Å². The summed E-state index contributed by atoms with van der Waals surface area (Å²) in [5, 5.41) is 2.14. The fraction of sp³-hybridized carbons (Fsp3) is 0.208. The third-order valence-electron chi connectivity index (χ3n) is 4.96. The van der Waals surface area contributed by atoms with Crippen LogP contribution in [0, 0.1) is 0 Å². The van der Waals surface area contributed by atoms with Crippen LogP contribution in [0.5, 0.6) is 0 Å². The van der Waals surface area contributed by atoms with Crippen molar-refractivity contribution in [3.8, 4) is 0 Å². The van der Waals surface area contributed by atoms with Gasteiger partial charge in [-0.1, -0.05) is 44.5 Å². The first-order chi connectivity index (χ1) is 15.7. The summed E-state index contributed by atoms with van der Waals surface area (Å²) in [6.07, 6.45) is -4.73. The van der Waals surface area contributed by atoms with Crippen molar-refractivity contribution >= 4 is 38.9 Å². The van der Waals surface area contributed by atoms with Crippen LogP contribution in [0.4, 0.5) is 24.5 Å². The van der Waals surface area contributed by atoms with E-state index in [2.05, 4.69) is 30.8 Å². The molecule has 1 amide bonds. The van der Waals surface area contributed by atoms with Crippen LogP contribution in [-0.4, -0.2) is 14.3 Å². The van der Waals surface area contributed by atoms with E-state index in [9.17, 15) is 26.4 Å². The van der Waals surface area contributed by atoms with E-state index in [1.165, 1.54) is 24.3 Å². The standard InChI is InChI=1S/C24H22ClF3N2O3S/c1-23(2,3)16-6-4-15(5-7-16)22(31)29-17-8-11-19(12-9-17)34(32,33)30-18-10-13-21(25)20(14-18)24(26,27)28/h4-14,30H,1-3H3,(H,29,31). The second-order valence-corrected chi connectivity index (χ2v) is 10.7. The molecular formula is C24H22ClF3N2O3S. The molecule has 0 aromatic heterocycles. The van der Waals surface area contributed by atoms with E-state index >= 15 is 0 Å². The highest BCUT2D eigenvalue weighted by Crippen LogP contribution is 2.36. The summed E-state index contributed by atoms with van der Waals surface area (Å²) < 4.78 is 66.4. The zero-order chi connectivity index (χ0) is 25.3. The molecule has 2 N–H and O–H groups in total. The topological polar surface area (TPSA) is 75.3 Å². The van der Waals surface area contributed by atoms with Gasteiger partial charge in [-0.05, 0) is 65.6 Å². The number of alkyl halides is 3. The Morgan fingerprint density at radius 2 is 1.41 bits per heavy atom. The van der Waals surface area contributed by atoms with Crippen LogP contribution in [0.2, 0.25) is 5.02 Å². The fourth-order valence-electron chi connectivity index (χ4n) is 3.06. The van der Waals surface area contributed by atoms with Crippen LogP contribution in [0.1, 0.15) is 42.3 Å². The molecule has 0 unspecified atom stereocenters. The Hall–Kier alpha value is -3.04. The molecule has 180 valence electrons. The van der Waals surface area contributed by atoms with E-state index in [4.69, 9.17) is 11.6 Å². The maximum Gasteiger partial charge on any atom is 0.417 e. The first kappa shape index (κ1) is 25.6. The first-order valence-electron chi connectivity index (χ1n) is 10.1. The minimum Gasteiger partial charge on any atom is -0.322 e. The van der Waals surface area contributed by atoms with Crippen LogP contribution in [0.25, 0.3) is 0 Å². The summed E-state index contributed by atoms with van der Waals surface area (Å²) in [6.45, 7) is 6.19. The molecule has 0 atom stereocenters. The highest BCUT2D eigenvalue weighted by atomic mass is 35.5. The molecule has 0 aliphatic heterocycles. The Kier molecular flexibility index (Phi) is 7.00. The average molecular weight is 511 g/mol. The van der Waals surface area contributed by atoms with Crippen molar-refractivity contribution in [2.24, 2.45) is 0 Å². The SMILES string of the molecule is CC(C)(C)c1ccc(C(=O)Nc2ccc(S(=O)(=O)Nc3ccc(Cl)c(C(F)(F)F)c3)cc2)cc1. The lowest BCUT2D eigenvalue weighted by molar-refractivity contribution is -0.137. The number of anilines is 2. The van der Waals surface area contributed by atoms with Crippen molar-refractivity contribution in [3.05, 3.63) is 88.4 Å². The number of benzene rings is 3. The largest absolute Gasteiger partial charge is 0.417 e. The van der Waals surface area contributed by atoms with E-state index < -0.39 is 26.8 Å². The second kappa shape index (κ2) is 9.31. The number of halogens is 4. The molecule has 3 aromatic rings. The summed E-state index contributed by atoms with van der Waals surface area (Å²) in [4.78, 5) is 12.3. The lowest BCUT2D eigenvalue weighted by Crippen LogP contribution is -2.15. The zero-order valence-electron chi connectivity index (χ0n) is 18.5. The number of hydrogen-bond donors (Lipinski definition) is 2. The van der Waals surface area contributed by atoms with Gasteiger partial charge in [-0.3, -0.25) is 9.52 Å². The van der Waals surface area contributed by atoms with E-state index in [0.29, 0.717) is 17.3 Å². The molecule has 0 spiro atoms. The molecule has 0 aliphatic rings. The van der Waals surface area contributed by atoms with Crippen molar-refractivity contribution in [3.63, 3.8) is 0 Å². The highest BCUT2D eigenvalue weighted by Gasteiger charge is 2.33. The van der Waals surface area contributed by atoms with Gasteiger partial charge in [-0.15, -0.1) is 0 Å². The summed E-state index contributed by atoms with van der Waals surface area (Å²) in [6, 6.07) is 15.1. The van der Waals surface area contributed by atoms with Crippen LogP contribution in [0.3, 0.4) is 0 Å². The molecular weight excluding hydrogens is 489 g/mol.